The van der Waals surface area contributed by atoms with Crippen molar-refractivity contribution in [3.63, 3.8) is 0 Å². The maximum absolute atomic E-state index is 13.2. The SMILES string of the molecule is CCOc1cc(/C(O)=C2/C(=O)C(=O)N(c3ccc(OC)cc3)C2c2cccc(O)c2)ccc1Cl. The number of halogens is 1. The minimum absolute atomic E-state index is 0.0389. The van der Waals surface area contributed by atoms with Crippen molar-refractivity contribution in [2.24, 2.45) is 0 Å². The first-order valence-corrected chi connectivity index (χ1v) is 10.9. The van der Waals surface area contributed by atoms with Gasteiger partial charge in [0.25, 0.3) is 11.7 Å². The molecule has 3 aromatic carbocycles. The summed E-state index contributed by atoms with van der Waals surface area (Å²) >= 11 is 6.17. The molecule has 3 aromatic rings. The van der Waals surface area contributed by atoms with Crippen molar-refractivity contribution >= 4 is 34.7 Å². The number of hydrogen-bond donors (Lipinski definition) is 2. The van der Waals surface area contributed by atoms with Crippen LogP contribution in [-0.4, -0.2) is 35.6 Å². The Bertz CT molecular complexity index is 1280. The predicted molar refractivity (Wildman–Crippen MR) is 129 cm³/mol. The molecule has 0 aromatic heterocycles. The molecule has 34 heavy (non-hydrogen) atoms. The molecule has 0 bridgehead atoms. The topological polar surface area (TPSA) is 96.3 Å². The average molecular weight is 480 g/mol. The van der Waals surface area contributed by atoms with Gasteiger partial charge in [0.05, 0.1) is 30.4 Å². The van der Waals surface area contributed by atoms with Crippen molar-refractivity contribution in [2.45, 2.75) is 13.0 Å². The smallest absolute Gasteiger partial charge is 0.300 e. The molecule has 1 aliphatic rings. The lowest BCUT2D eigenvalue weighted by atomic mass is 9.95. The Morgan fingerprint density at radius 1 is 1.06 bits per heavy atom. The second-order valence-electron chi connectivity index (χ2n) is 7.54. The zero-order valence-electron chi connectivity index (χ0n) is 18.5. The molecular weight excluding hydrogens is 458 g/mol. The first-order chi connectivity index (χ1) is 16.3. The van der Waals surface area contributed by atoms with Crippen LogP contribution in [0.2, 0.25) is 5.02 Å². The van der Waals surface area contributed by atoms with E-state index in [-0.39, 0.29) is 22.6 Å². The molecule has 1 fully saturated rings. The van der Waals surface area contributed by atoms with Crippen molar-refractivity contribution in [2.75, 3.05) is 18.6 Å². The second kappa shape index (κ2) is 9.49. The number of rotatable bonds is 6. The molecule has 1 amide bonds. The molecule has 1 heterocycles. The fraction of sp³-hybridized carbons (Fsp3) is 0.154. The van der Waals surface area contributed by atoms with Crippen LogP contribution in [0, 0.1) is 0 Å². The van der Waals surface area contributed by atoms with Crippen LogP contribution in [0.25, 0.3) is 5.76 Å². The molecule has 0 radical (unpaired) electrons. The number of anilines is 1. The Balaban J connectivity index is 1.92. The lowest BCUT2D eigenvalue weighted by molar-refractivity contribution is -0.132. The van der Waals surface area contributed by atoms with E-state index in [1.807, 2.05) is 0 Å². The lowest BCUT2D eigenvalue weighted by Gasteiger charge is -2.25. The third-order valence-electron chi connectivity index (χ3n) is 5.49. The van der Waals surface area contributed by atoms with E-state index in [1.54, 1.807) is 55.5 Å². The monoisotopic (exact) mass is 479 g/mol. The Hall–Kier alpha value is -3.97. The number of Topliss-reactive ketones (excluding diaryl/α,β-unsaturated/α-hetero) is 1. The summed E-state index contributed by atoms with van der Waals surface area (Å²) in [5.41, 5.74) is 1.04. The van der Waals surface area contributed by atoms with Gasteiger partial charge in [0.1, 0.15) is 23.0 Å². The summed E-state index contributed by atoms with van der Waals surface area (Å²) in [6.07, 6.45) is 0. The van der Waals surface area contributed by atoms with E-state index in [0.717, 1.165) is 0 Å². The van der Waals surface area contributed by atoms with Crippen LogP contribution in [0.4, 0.5) is 5.69 Å². The lowest BCUT2D eigenvalue weighted by Crippen LogP contribution is -2.29. The number of hydrogen-bond acceptors (Lipinski definition) is 6. The van der Waals surface area contributed by atoms with Gasteiger partial charge in [-0.25, -0.2) is 0 Å². The molecule has 174 valence electrons. The van der Waals surface area contributed by atoms with E-state index in [9.17, 15) is 19.8 Å². The number of aliphatic hydroxyl groups excluding tert-OH is 1. The Morgan fingerprint density at radius 2 is 1.79 bits per heavy atom. The summed E-state index contributed by atoms with van der Waals surface area (Å²) in [6, 6.07) is 16.5. The molecular formula is C26H22ClNO6. The van der Waals surface area contributed by atoms with Crippen LogP contribution in [0.15, 0.2) is 72.3 Å². The van der Waals surface area contributed by atoms with Crippen LogP contribution in [0.1, 0.15) is 24.1 Å². The van der Waals surface area contributed by atoms with Crippen LogP contribution in [-0.2, 0) is 9.59 Å². The predicted octanol–water partition coefficient (Wildman–Crippen LogP) is 5.08. The van der Waals surface area contributed by atoms with Crippen LogP contribution in [0.3, 0.4) is 0 Å². The molecule has 1 unspecified atom stereocenters. The van der Waals surface area contributed by atoms with E-state index in [1.165, 1.54) is 30.2 Å². The summed E-state index contributed by atoms with van der Waals surface area (Å²) < 4.78 is 10.7. The highest BCUT2D eigenvalue weighted by molar-refractivity contribution is 6.51. The molecule has 1 atom stereocenters. The van der Waals surface area contributed by atoms with Gasteiger partial charge >= 0.3 is 0 Å². The number of ketones is 1. The van der Waals surface area contributed by atoms with E-state index >= 15 is 0 Å². The molecule has 0 spiro atoms. The standard InChI is InChI=1S/C26H22ClNO6/c1-3-34-21-14-16(7-12-20(21)27)24(30)22-23(15-5-4-6-18(29)13-15)28(26(32)25(22)31)17-8-10-19(33-2)11-9-17/h4-14,23,29-30H,3H2,1-2H3/b24-22-. The zero-order chi connectivity index (χ0) is 24.4. The van der Waals surface area contributed by atoms with Crippen LogP contribution >= 0.6 is 11.6 Å². The van der Waals surface area contributed by atoms with E-state index in [4.69, 9.17) is 21.1 Å². The number of carbonyl (C=O) groups is 2. The number of ether oxygens (including phenoxy) is 2. The zero-order valence-corrected chi connectivity index (χ0v) is 19.2. The Kier molecular flexibility index (Phi) is 6.47. The number of benzene rings is 3. The van der Waals surface area contributed by atoms with Crippen LogP contribution < -0.4 is 14.4 Å². The number of phenols is 1. The highest BCUT2D eigenvalue weighted by atomic mass is 35.5. The highest BCUT2D eigenvalue weighted by Gasteiger charge is 2.47. The van der Waals surface area contributed by atoms with Gasteiger partial charge in [-0.3, -0.25) is 14.5 Å². The first-order valence-electron chi connectivity index (χ1n) is 10.5. The molecule has 4 rings (SSSR count). The van der Waals surface area contributed by atoms with Gasteiger partial charge in [0.2, 0.25) is 0 Å². The van der Waals surface area contributed by atoms with Gasteiger partial charge in [0, 0.05) is 11.3 Å². The van der Waals surface area contributed by atoms with Crippen LogP contribution in [0.5, 0.6) is 17.2 Å². The normalized spacial score (nSPS) is 17.1. The fourth-order valence-electron chi connectivity index (χ4n) is 3.92. The van der Waals surface area contributed by atoms with Gasteiger partial charge in [-0.2, -0.15) is 0 Å². The van der Waals surface area contributed by atoms with Gasteiger partial charge in [-0.15, -0.1) is 0 Å². The minimum atomic E-state index is -0.980. The summed E-state index contributed by atoms with van der Waals surface area (Å²) in [4.78, 5) is 27.7. The van der Waals surface area contributed by atoms with Crippen molar-refractivity contribution in [1.82, 2.24) is 0 Å². The van der Waals surface area contributed by atoms with E-state index < -0.39 is 17.7 Å². The highest BCUT2D eigenvalue weighted by Crippen LogP contribution is 2.43. The summed E-state index contributed by atoms with van der Waals surface area (Å²) in [5.74, 6) is -1.15. The van der Waals surface area contributed by atoms with Crippen molar-refractivity contribution in [3.8, 4) is 17.2 Å². The van der Waals surface area contributed by atoms with Crippen molar-refractivity contribution in [3.05, 3.63) is 88.5 Å². The largest absolute Gasteiger partial charge is 0.508 e. The number of aromatic hydroxyl groups is 1. The maximum Gasteiger partial charge on any atom is 0.300 e. The number of nitrogens with zero attached hydrogens (tertiary/aromatic N) is 1. The fourth-order valence-corrected chi connectivity index (χ4v) is 4.10. The quantitative estimate of drug-likeness (QED) is 0.291. The Morgan fingerprint density at radius 3 is 2.44 bits per heavy atom. The number of carbonyl (C=O) groups excluding carboxylic acids is 2. The number of aliphatic hydroxyl groups is 1. The molecule has 0 aliphatic carbocycles. The van der Waals surface area contributed by atoms with Crippen molar-refractivity contribution < 1.29 is 29.3 Å². The molecule has 7 nitrogen and oxygen atoms in total. The maximum atomic E-state index is 13.2. The first kappa shape index (κ1) is 23.2. The number of methoxy groups -OCH3 is 1. The minimum Gasteiger partial charge on any atom is -0.508 e. The summed E-state index contributed by atoms with van der Waals surface area (Å²) in [5, 5.41) is 21.7. The molecule has 1 saturated heterocycles. The van der Waals surface area contributed by atoms with Gasteiger partial charge in [-0.05, 0) is 67.1 Å². The average Bonchev–Trinajstić information content (AvgIpc) is 3.10. The third kappa shape index (κ3) is 4.18. The number of amides is 1. The van der Waals surface area contributed by atoms with E-state index in [2.05, 4.69) is 0 Å². The van der Waals surface area contributed by atoms with E-state index in [0.29, 0.717) is 34.4 Å². The molecule has 1 aliphatic heterocycles. The summed E-state index contributed by atoms with van der Waals surface area (Å²) in [7, 11) is 1.52. The Labute approximate surface area is 201 Å². The van der Waals surface area contributed by atoms with Gasteiger partial charge in [0.15, 0.2) is 0 Å². The molecule has 0 saturated carbocycles. The second-order valence-corrected chi connectivity index (χ2v) is 7.95. The number of phenolic OH excluding ortho intramolecular Hbond substituents is 1. The third-order valence-corrected chi connectivity index (χ3v) is 5.80. The molecule has 2 N–H and O–H groups in total. The molecule has 8 heteroatoms. The van der Waals surface area contributed by atoms with Crippen molar-refractivity contribution in [1.29, 1.82) is 0 Å². The van der Waals surface area contributed by atoms with Gasteiger partial charge < -0.3 is 19.7 Å². The summed E-state index contributed by atoms with van der Waals surface area (Å²) in [6.45, 7) is 2.15. The van der Waals surface area contributed by atoms with Gasteiger partial charge in [-0.1, -0.05) is 23.7 Å².